The van der Waals surface area contributed by atoms with E-state index in [1.165, 1.54) is 44.5 Å². The van der Waals surface area contributed by atoms with Crippen LogP contribution in [0.1, 0.15) is 0 Å². The molecular weight excluding hydrogens is 685 g/mol. The first-order valence-electron chi connectivity index (χ1n) is 18.8. The van der Waals surface area contributed by atoms with Crippen LogP contribution in [-0.2, 0) is 0 Å². The number of pyridine rings is 2. The summed E-state index contributed by atoms with van der Waals surface area (Å²) in [4.78, 5) is 9.16. The summed E-state index contributed by atoms with van der Waals surface area (Å²) in [6, 6.07) is 64.4. The Kier molecular flexibility index (Phi) is 7.46. The number of hydrogen-bond acceptors (Lipinski definition) is 4. The normalized spacial score (nSPS) is 11.6. The monoisotopic (exact) mass is 716 g/mol. The lowest BCUT2D eigenvalue weighted by molar-refractivity contribution is 0.668. The first-order chi connectivity index (χ1) is 27.7. The van der Waals surface area contributed by atoms with E-state index in [4.69, 9.17) is 8.83 Å². The Morgan fingerprint density at radius 1 is 0.250 bits per heavy atom. The predicted molar refractivity (Wildman–Crippen MR) is 229 cm³/mol. The minimum atomic E-state index is 0.805. The number of aromatic nitrogens is 2. The molecule has 56 heavy (non-hydrogen) atoms. The molecule has 11 rings (SSSR count). The summed E-state index contributed by atoms with van der Waals surface area (Å²) >= 11 is 0. The second-order valence-corrected chi connectivity index (χ2v) is 14.2. The molecule has 0 fully saturated rings. The van der Waals surface area contributed by atoms with Gasteiger partial charge in [0.1, 0.15) is 22.2 Å². The van der Waals surface area contributed by atoms with Crippen molar-refractivity contribution in [1.82, 2.24) is 9.97 Å². The van der Waals surface area contributed by atoms with Crippen LogP contribution in [0.5, 0.6) is 0 Å². The van der Waals surface area contributed by atoms with E-state index < -0.39 is 0 Å². The average Bonchev–Trinajstić information content (AvgIpc) is 3.84. The van der Waals surface area contributed by atoms with E-state index in [-0.39, 0.29) is 0 Å². The van der Waals surface area contributed by atoms with Crippen LogP contribution in [0.2, 0.25) is 0 Å². The molecule has 11 aromatic rings. The van der Waals surface area contributed by atoms with Crippen molar-refractivity contribution < 1.29 is 8.83 Å². The molecule has 0 amide bonds. The van der Waals surface area contributed by atoms with Crippen molar-refractivity contribution in [3.05, 3.63) is 194 Å². The first kappa shape index (κ1) is 31.9. The van der Waals surface area contributed by atoms with Crippen molar-refractivity contribution in [3.63, 3.8) is 0 Å². The van der Waals surface area contributed by atoms with Gasteiger partial charge in [-0.15, -0.1) is 0 Å². The Hall–Kier alpha value is -7.56. The van der Waals surface area contributed by atoms with E-state index in [9.17, 15) is 0 Å². The number of hydrogen-bond donors (Lipinski definition) is 0. The van der Waals surface area contributed by atoms with Crippen LogP contribution in [0, 0.1) is 0 Å². The van der Waals surface area contributed by atoms with Gasteiger partial charge in [0.05, 0.1) is 0 Å². The summed E-state index contributed by atoms with van der Waals surface area (Å²) in [6.45, 7) is 0. The summed E-state index contributed by atoms with van der Waals surface area (Å²) in [7, 11) is 0. The fraction of sp³-hybridized carbons (Fsp3) is 0. The molecule has 0 radical (unpaired) electrons. The summed E-state index contributed by atoms with van der Waals surface area (Å²) in [6.07, 6.45) is 3.63. The van der Waals surface area contributed by atoms with Crippen LogP contribution in [-0.4, -0.2) is 9.97 Å². The molecule has 4 nitrogen and oxygen atoms in total. The maximum absolute atomic E-state index is 6.03. The van der Waals surface area contributed by atoms with Gasteiger partial charge in [-0.2, -0.15) is 0 Å². The smallest absolute Gasteiger partial charge is 0.153 e. The zero-order chi connectivity index (χ0) is 37.0. The lowest BCUT2D eigenvalue weighted by Crippen LogP contribution is -1.86. The van der Waals surface area contributed by atoms with E-state index in [1.807, 2.05) is 48.8 Å². The van der Waals surface area contributed by atoms with Crippen molar-refractivity contribution in [1.29, 1.82) is 0 Å². The van der Waals surface area contributed by atoms with Crippen molar-refractivity contribution in [2.45, 2.75) is 0 Å². The van der Waals surface area contributed by atoms with Gasteiger partial charge >= 0.3 is 0 Å². The first-order valence-corrected chi connectivity index (χ1v) is 18.8. The average molecular weight is 717 g/mol. The highest BCUT2D eigenvalue weighted by atomic mass is 16.3. The van der Waals surface area contributed by atoms with Gasteiger partial charge in [-0.25, -0.2) is 0 Å². The molecule has 0 aliphatic rings. The van der Waals surface area contributed by atoms with Crippen molar-refractivity contribution >= 4 is 44.1 Å². The zero-order valence-corrected chi connectivity index (χ0v) is 30.2. The lowest BCUT2D eigenvalue weighted by Gasteiger charge is -2.11. The van der Waals surface area contributed by atoms with Crippen LogP contribution in [0.15, 0.2) is 203 Å². The fourth-order valence-electron chi connectivity index (χ4n) is 7.95. The molecule has 0 bridgehead atoms. The van der Waals surface area contributed by atoms with Gasteiger partial charge in [0, 0.05) is 23.2 Å². The molecule has 0 aliphatic carbocycles. The van der Waals surface area contributed by atoms with Gasteiger partial charge in [-0.3, -0.25) is 9.97 Å². The Morgan fingerprint density at radius 2 is 0.536 bits per heavy atom. The van der Waals surface area contributed by atoms with Crippen LogP contribution in [0.3, 0.4) is 0 Å². The Labute approximate surface area is 323 Å². The molecule has 0 atom stereocenters. The number of fused-ring (bicyclic) bond motifs is 6. The Morgan fingerprint density at radius 3 is 0.839 bits per heavy atom. The van der Waals surface area contributed by atoms with Gasteiger partial charge in [0.2, 0.25) is 0 Å². The van der Waals surface area contributed by atoms with Gasteiger partial charge < -0.3 is 8.83 Å². The van der Waals surface area contributed by atoms with E-state index in [1.54, 1.807) is 0 Å². The maximum atomic E-state index is 6.03. The third-order valence-corrected chi connectivity index (χ3v) is 10.8. The quantitative estimate of drug-likeness (QED) is 0.172. The molecule has 7 aromatic carbocycles. The predicted octanol–water partition coefficient (Wildman–Crippen LogP) is 14.3. The number of furan rings is 2. The third kappa shape index (κ3) is 5.64. The van der Waals surface area contributed by atoms with Crippen LogP contribution >= 0.6 is 0 Å². The van der Waals surface area contributed by atoms with Crippen LogP contribution in [0.25, 0.3) is 111 Å². The molecule has 0 saturated heterocycles. The molecule has 262 valence electrons. The summed E-state index contributed by atoms with van der Waals surface area (Å²) in [5, 5.41) is 2.06. The standard InChI is InChI=1S/C52H32N2O2/c1-8-33(35-10-2-12-37(27-35)39-14-4-16-41(29-39)43-20-22-47-45(31-43)51-49(55-47)18-6-24-53-51)26-34(9-1)36-11-3-13-38(28-36)40-15-5-17-42(30-40)44-21-23-48-46(32-44)52-50(56-48)19-7-25-54-52/h1-32H. The number of nitrogens with zero attached hydrogens (tertiary/aromatic N) is 2. The highest BCUT2D eigenvalue weighted by Gasteiger charge is 2.13. The lowest BCUT2D eigenvalue weighted by atomic mass is 9.93. The second kappa shape index (κ2) is 13.1. The van der Waals surface area contributed by atoms with Crippen molar-refractivity contribution in [2.75, 3.05) is 0 Å². The van der Waals surface area contributed by atoms with Crippen LogP contribution in [0.4, 0.5) is 0 Å². The van der Waals surface area contributed by atoms with E-state index >= 15 is 0 Å². The maximum Gasteiger partial charge on any atom is 0.153 e. The fourth-order valence-corrected chi connectivity index (χ4v) is 7.95. The summed E-state index contributed by atoms with van der Waals surface area (Å²) in [5.74, 6) is 0. The third-order valence-electron chi connectivity index (χ3n) is 10.8. The molecule has 4 heteroatoms. The Balaban J connectivity index is 0.886. The van der Waals surface area contributed by atoms with Crippen LogP contribution < -0.4 is 0 Å². The molecule has 0 saturated carbocycles. The van der Waals surface area contributed by atoms with Gasteiger partial charge in [0.25, 0.3) is 0 Å². The largest absolute Gasteiger partial charge is 0.454 e. The SMILES string of the molecule is c1cc(-c2cccc(-c3cccc(-c4ccc5oc6cccnc6c5c4)c3)c2)cc(-c2cccc(-c3cccc(-c4ccc5oc6cccnc6c5c4)c3)c2)c1. The summed E-state index contributed by atoms with van der Waals surface area (Å²) in [5.41, 5.74) is 19.0. The highest BCUT2D eigenvalue weighted by molar-refractivity contribution is 6.05. The van der Waals surface area contributed by atoms with Gasteiger partial charge in [-0.05, 0) is 146 Å². The molecule has 0 N–H and O–H groups in total. The van der Waals surface area contributed by atoms with Crippen molar-refractivity contribution in [3.8, 4) is 66.8 Å². The van der Waals surface area contributed by atoms with E-state index in [2.05, 4.69) is 156 Å². The zero-order valence-electron chi connectivity index (χ0n) is 30.2. The number of benzene rings is 7. The van der Waals surface area contributed by atoms with E-state index in [0.717, 1.165) is 66.4 Å². The summed E-state index contributed by atoms with van der Waals surface area (Å²) < 4.78 is 12.1. The van der Waals surface area contributed by atoms with Gasteiger partial charge in [0.15, 0.2) is 11.2 Å². The second-order valence-electron chi connectivity index (χ2n) is 14.2. The highest BCUT2D eigenvalue weighted by Crippen LogP contribution is 2.37. The van der Waals surface area contributed by atoms with Crippen molar-refractivity contribution in [2.24, 2.45) is 0 Å². The molecule has 0 aliphatic heterocycles. The minimum Gasteiger partial charge on any atom is -0.454 e. The molecule has 0 unspecified atom stereocenters. The molecule has 0 spiro atoms. The molecule has 4 aromatic heterocycles. The Bertz CT molecular complexity index is 3060. The van der Waals surface area contributed by atoms with Gasteiger partial charge in [-0.1, -0.05) is 103 Å². The molecular formula is C52H32N2O2. The molecule has 4 heterocycles. The topological polar surface area (TPSA) is 52.1 Å². The minimum absolute atomic E-state index is 0.805. The van der Waals surface area contributed by atoms with E-state index in [0.29, 0.717) is 0 Å². The number of rotatable bonds is 6.